The van der Waals surface area contributed by atoms with Crippen LogP contribution in [0, 0.1) is 0 Å². The third kappa shape index (κ3) is 0.899. The number of rotatable bonds is 0. The Balaban J connectivity index is 2.42. The van der Waals surface area contributed by atoms with Crippen molar-refractivity contribution in [2.24, 2.45) is 4.99 Å². The highest BCUT2D eigenvalue weighted by Crippen LogP contribution is 1.89. The summed E-state index contributed by atoms with van der Waals surface area (Å²) >= 11 is 0. The number of hydrazine groups is 1. The average molecular weight is 99.1 g/mol. The third-order valence-electron chi connectivity index (χ3n) is 0.854. The standard InChI is InChI=1S/C4H9N3/c1-4-5-3-7(2)6-4/h3-4,6H,1-2H3. The average Bonchev–Trinajstić information content (AvgIpc) is 1.87. The Morgan fingerprint density at radius 1 is 1.86 bits per heavy atom. The van der Waals surface area contributed by atoms with Crippen molar-refractivity contribution >= 4 is 6.34 Å². The zero-order valence-electron chi connectivity index (χ0n) is 4.55. The van der Waals surface area contributed by atoms with Gasteiger partial charge in [-0.1, -0.05) is 0 Å². The van der Waals surface area contributed by atoms with E-state index in [1.54, 1.807) is 6.34 Å². The van der Waals surface area contributed by atoms with E-state index in [-0.39, 0.29) is 6.17 Å². The fourth-order valence-electron chi connectivity index (χ4n) is 0.561. The van der Waals surface area contributed by atoms with Crippen LogP contribution in [0.1, 0.15) is 6.92 Å². The minimum absolute atomic E-state index is 0.269. The zero-order valence-corrected chi connectivity index (χ0v) is 4.55. The topological polar surface area (TPSA) is 27.6 Å². The maximum Gasteiger partial charge on any atom is 0.115 e. The van der Waals surface area contributed by atoms with Gasteiger partial charge in [-0.2, -0.15) is 0 Å². The molecule has 0 aromatic rings. The number of hydrogen-bond donors (Lipinski definition) is 1. The molecule has 0 radical (unpaired) electrons. The number of nitrogens with one attached hydrogen (secondary N) is 1. The molecule has 1 aliphatic heterocycles. The van der Waals surface area contributed by atoms with Crippen molar-refractivity contribution in [3.8, 4) is 0 Å². The smallest absolute Gasteiger partial charge is 0.115 e. The van der Waals surface area contributed by atoms with E-state index in [0.717, 1.165) is 0 Å². The molecule has 0 saturated heterocycles. The van der Waals surface area contributed by atoms with Gasteiger partial charge in [0.2, 0.25) is 0 Å². The Labute approximate surface area is 43.0 Å². The van der Waals surface area contributed by atoms with Crippen LogP contribution in [0.5, 0.6) is 0 Å². The highest BCUT2D eigenvalue weighted by molar-refractivity contribution is 5.55. The van der Waals surface area contributed by atoms with Crippen LogP contribution in [-0.2, 0) is 0 Å². The largest absolute Gasteiger partial charge is 0.300 e. The van der Waals surface area contributed by atoms with Gasteiger partial charge in [0.1, 0.15) is 12.5 Å². The molecule has 0 aromatic heterocycles. The van der Waals surface area contributed by atoms with Gasteiger partial charge in [0.15, 0.2) is 0 Å². The molecule has 1 aliphatic rings. The van der Waals surface area contributed by atoms with Crippen molar-refractivity contribution in [2.75, 3.05) is 7.05 Å². The summed E-state index contributed by atoms with van der Waals surface area (Å²) in [4.78, 5) is 4.01. The van der Waals surface area contributed by atoms with E-state index in [2.05, 4.69) is 10.4 Å². The van der Waals surface area contributed by atoms with Gasteiger partial charge < -0.3 is 0 Å². The molecule has 0 amide bonds. The van der Waals surface area contributed by atoms with Crippen LogP contribution in [0.4, 0.5) is 0 Å². The lowest BCUT2D eigenvalue weighted by Crippen LogP contribution is -2.31. The van der Waals surface area contributed by atoms with Gasteiger partial charge in [0.25, 0.3) is 0 Å². The molecule has 3 nitrogen and oxygen atoms in total. The molecule has 1 rings (SSSR count). The van der Waals surface area contributed by atoms with Crippen molar-refractivity contribution < 1.29 is 0 Å². The van der Waals surface area contributed by atoms with Crippen LogP contribution in [0.15, 0.2) is 4.99 Å². The van der Waals surface area contributed by atoms with E-state index in [1.807, 2.05) is 19.0 Å². The molecule has 7 heavy (non-hydrogen) atoms. The lowest BCUT2D eigenvalue weighted by atomic mass is 10.6. The Morgan fingerprint density at radius 2 is 2.57 bits per heavy atom. The summed E-state index contributed by atoms with van der Waals surface area (Å²) in [6.45, 7) is 2.00. The molecule has 0 fully saturated rings. The summed E-state index contributed by atoms with van der Waals surface area (Å²) in [6, 6.07) is 0. The van der Waals surface area contributed by atoms with Crippen molar-refractivity contribution in [1.29, 1.82) is 0 Å². The van der Waals surface area contributed by atoms with Crippen LogP contribution in [0.25, 0.3) is 0 Å². The van der Waals surface area contributed by atoms with Crippen molar-refractivity contribution in [2.45, 2.75) is 13.1 Å². The van der Waals surface area contributed by atoms with Gasteiger partial charge in [0, 0.05) is 7.05 Å². The van der Waals surface area contributed by atoms with E-state index in [9.17, 15) is 0 Å². The molecule has 0 spiro atoms. The lowest BCUT2D eigenvalue weighted by Gasteiger charge is -2.06. The zero-order chi connectivity index (χ0) is 5.28. The molecule has 1 heterocycles. The predicted octanol–water partition coefficient (Wildman–Crippen LogP) is -0.189. The normalized spacial score (nSPS) is 29.4. The van der Waals surface area contributed by atoms with Gasteiger partial charge in [0.05, 0.1) is 0 Å². The Kier molecular flexibility index (Phi) is 0.982. The van der Waals surface area contributed by atoms with Crippen LogP contribution in [0.3, 0.4) is 0 Å². The van der Waals surface area contributed by atoms with Crippen LogP contribution in [-0.4, -0.2) is 24.6 Å². The van der Waals surface area contributed by atoms with Crippen molar-refractivity contribution in [3.63, 3.8) is 0 Å². The molecular formula is C4H9N3. The first-order chi connectivity index (χ1) is 3.29. The molecule has 40 valence electrons. The minimum Gasteiger partial charge on any atom is -0.300 e. The van der Waals surface area contributed by atoms with Gasteiger partial charge in [-0.25, -0.2) is 5.43 Å². The highest BCUT2D eigenvalue weighted by Gasteiger charge is 2.03. The first-order valence-electron chi connectivity index (χ1n) is 2.31. The lowest BCUT2D eigenvalue weighted by molar-refractivity contribution is 0.368. The summed E-state index contributed by atoms with van der Waals surface area (Å²) in [6.07, 6.45) is 2.04. The first-order valence-corrected chi connectivity index (χ1v) is 2.31. The molecule has 0 saturated carbocycles. The Hall–Kier alpha value is -0.570. The van der Waals surface area contributed by atoms with Crippen LogP contribution >= 0.6 is 0 Å². The molecule has 0 aromatic carbocycles. The van der Waals surface area contributed by atoms with E-state index < -0.39 is 0 Å². The molecule has 0 aliphatic carbocycles. The second-order valence-corrected chi connectivity index (χ2v) is 1.68. The number of nitrogens with zero attached hydrogens (tertiary/aromatic N) is 2. The first kappa shape index (κ1) is 4.59. The number of aliphatic imine (C=N–C) groups is 1. The Bertz CT molecular complexity index is 78.9. The quantitative estimate of drug-likeness (QED) is 0.456. The fourth-order valence-corrected chi connectivity index (χ4v) is 0.561. The third-order valence-corrected chi connectivity index (χ3v) is 0.854. The van der Waals surface area contributed by atoms with Gasteiger partial charge >= 0.3 is 0 Å². The Morgan fingerprint density at radius 3 is 2.71 bits per heavy atom. The highest BCUT2D eigenvalue weighted by atomic mass is 15.6. The van der Waals surface area contributed by atoms with E-state index in [1.165, 1.54) is 0 Å². The van der Waals surface area contributed by atoms with E-state index in [4.69, 9.17) is 0 Å². The minimum atomic E-state index is 0.269. The second kappa shape index (κ2) is 1.50. The predicted molar refractivity (Wildman–Crippen MR) is 28.9 cm³/mol. The van der Waals surface area contributed by atoms with Crippen molar-refractivity contribution in [3.05, 3.63) is 0 Å². The van der Waals surface area contributed by atoms with E-state index >= 15 is 0 Å². The SMILES string of the molecule is CC1N=CN(C)N1. The van der Waals surface area contributed by atoms with Crippen molar-refractivity contribution in [1.82, 2.24) is 10.4 Å². The molecule has 1 atom stereocenters. The van der Waals surface area contributed by atoms with E-state index in [0.29, 0.717) is 0 Å². The number of hydrogen-bond acceptors (Lipinski definition) is 3. The maximum absolute atomic E-state index is 4.01. The second-order valence-electron chi connectivity index (χ2n) is 1.68. The van der Waals surface area contributed by atoms with Gasteiger partial charge in [-0.15, -0.1) is 0 Å². The maximum atomic E-state index is 4.01. The monoisotopic (exact) mass is 99.1 g/mol. The van der Waals surface area contributed by atoms with Crippen LogP contribution in [0.2, 0.25) is 0 Å². The molecule has 1 unspecified atom stereocenters. The summed E-state index contributed by atoms with van der Waals surface area (Å²) < 4.78 is 0. The molecule has 3 heteroatoms. The van der Waals surface area contributed by atoms with Gasteiger partial charge in [-0.3, -0.25) is 10.0 Å². The fraction of sp³-hybridized carbons (Fsp3) is 0.750. The summed E-state index contributed by atoms with van der Waals surface area (Å²) in [5, 5.41) is 1.84. The van der Waals surface area contributed by atoms with Gasteiger partial charge in [-0.05, 0) is 6.92 Å². The molecule has 0 bridgehead atoms. The molecule has 1 N–H and O–H groups in total. The van der Waals surface area contributed by atoms with Crippen LogP contribution < -0.4 is 5.43 Å². The molecular weight excluding hydrogens is 90.1 g/mol. The summed E-state index contributed by atoms with van der Waals surface area (Å²) in [5.74, 6) is 0. The summed E-state index contributed by atoms with van der Waals surface area (Å²) in [7, 11) is 1.92. The summed E-state index contributed by atoms with van der Waals surface area (Å²) in [5.41, 5.74) is 3.03.